The molecule has 136 valence electrons. The highest BCUT2D eigenvalue weighted by Gasteiger charge is 2.24. The monoisotopic (exact) mass is 400 g/mol. The lowest BCUT2D eigenvalue weighted by Crippen LogP contribution is -2.52. The van der Waals surface area contributed by atoms with Crippen molar-refractivity contribution < 1.29 is 4.79 Å². The summed E-state index contributed by atoms with van der Waals surface area (Å²) in [6, 6.07) is 5.28. The van der Waals surface area contributed by atoms with E-state index in [1.807, 2.05) is 4.90 Å². The molecule has 1 N–H and O–H groups in total. The summed E-state index contributed by atoms with van der Waals surface area (Å²) in [5.74, 6) is 0.250. The van der Waals surface area contributed by atoms with Crippen LogP contribution in [0.4, 0.5) is 5.69 Å². The van der Waals surface area contributed by atoms with Crippen molar-refractivity contribution in [2.24, 2.45) is 0 Å². The molecule has 1 amide bonds. The summed E-state index contributed by atoms with van der Waals surface area (Å²) in [4.78, 5) is 18.5. The smallest absolute Gasteiger partial charge is 0.236 e. The van der Waals surface area contributed by atoms with Gasteiger partial charge in [0.05, 0.1) is 6.54 Å². The number of nitrogens with zero attached hydrogens (tertiary/aromatic N) is 3. The first-order valence-electron chi connectivity index (χ1n) is 8.53. The molecule has 0 aliphatic carbocycles. The number of carbonyl (C=O) groups excluding carboxylic acids is 1. The van der Waals surface area contributed by atoms with E-state index in [2.05, 4.69) is 15.1 Å². The lowest BCUT2D eigenvalue weighted by molar-refractivity contribution is -0.131. The molecule has 8 heteroatoms. The molecule has 0 spiro atoms. The second-order valence-corrected chi connectivity index (χ2v) is 7.70. The average Bonchev–Trinajstić information content (AvgIpc) is 3.09. The molecule has 0 radical (unpaired) electrons. The Bertz CT molecular complexity index is 623. The molecule has 1 aromatic carbocycles. The second-order valence-electron chi connectivity index (χ2n) is 6.44. The molecule has 0 unspecified atom stereocenters. The summed E-state index contributed by atoms with van der Waals surface area (Å²) in [5.41, 5.74) is 0.786. The van der Waals surface area contributed by atoms with Crippen LogP contribution in [0.1, 0.15) is 12.8 Å². The topological polar surface area (TPSA) is 38.8 Å². The molecule has 2 aliphatic rings. The number of hydrogen-bond donors (Lipinski definition) is 1. The Balaban J connectivity index is 1.46. The summed E-state index contributed by atoms with van der Waals surface area (Å²) in [5, 5.41) is 4.99. The van der Waals surface area contributed by atoms with Gasteiger partial charge in [0.15, 0.2) is 5.11 Å². The van der Waals surface area contributed by atoms with Crippen molar-refractivity contribution in [3.8, 4) is 0 Å². The van der Waals surface area contributed by atoms with E-state index in [9.17, 15) is 4.79 Å². The van der Waals surface area contributed by atoms with Crippen molar-refractivity contribution in [2.45, 2.75) is 12.8 Å². The highest BCUT2D eigenvalue weighted by Crippen LogP contribution is 2.23. The van der Waals surface area contributed by atoms with E-state index >= 15 is 0 Å². The van der Waals surface area contributed by atoms with Crippen LogP contribution in [-0.4, -0.2) is 71.5 Å². The number of nitrogens with one attached hydrogen (secondary N) is 1. The van der Waals surface area contributed by atoms with Gasteiger partial charge in [0, 0.05) is 55.0 Å². The molecule has 2 fully saturated rings. The Morgan fingerprint density at radius 2 is 1.56 bits per heavy atom. The van der Waals surface area contributed by atoms with Crippen molar-refractivity contribution in [1.29, 1.82) is 0 Å². The number of carbonyl (C=O) groups is 1. The van der Waals surface area contributed by atoms with Gasteiger partial charge >= 0.3 is 0 Å². The van der Waals surface area contributed by atoms with Crippen molar-refractivity contribution in [1.82, 2.24) is 14.7 Å². The van der Waals surface area contributed by atoms with Crippen LogP contribution in [0.2, 0.25) is 10.0 Å². The lowest BCUT2D eigenvalue weighted by atomic mass is 10.3. The molecule has 0 atom stereocenters. The van der Waals surface area contributed by atoms with E-state index < -0.39 is 0 Å². The molecule has 2 heterocycles. The highest BCUT2D eigenvalue weighted by atomic mass is 35.5. The molecule has 25 heavy (non-hydrogen) atoms. The Labute approximate surface area is 163 Å². The van der Waals surface area contributed by atoms with Crippen LogP contribution >= 0.6 is 35.4 Å². The minimum atomic E-state index is 0.250. The zero-order valence-corrected chi connectivity index (χ0v) is 16.3. The van der Waals surface area contributed by atoms with Gasteiger partial charge in [-0.3, -0.25) is 9.69 Å². The maximum atomic E-state index is 12.2. The highest BCUT2D eigenvalue weighted by molar-refractivity contribution is 7.80. The fourth-order valence-corrected chi connectivity index (χ4v) is 4.02. The van der Waals surface area contributed by atoms with Crippen LogP contribution in [0.15, 0.2) is 18.2 Å². The fraction of sp³-hybridized carbons (Fsp3) is 0.529. The first-order valence-corrected chi connectivity index (χ1v) is 9.70. The summed E-state index contributed by atoms with van der Waals surface area (Å²) >= 11 is 17.5. The first kappa shape index (κ1) is 18.7. The van der Waals surface area contributed by atoms with Crippen LogP contribution in [0.3, 0.4) is 0 Å². The number of amides is 1. The van der Waals surface area contributed by atoms with Crippen LogP contribution < -0.4 is 5.32 Å². The van der Waals surface area contributed by atoms with E-state index in [-0.39, 0.29) is 5.91 Å². The van der Waals surface area contributed by atoms with E-state index in [1.54, 1.807) is 18.2 Å². The van der Waals surface area contributed by atoms with Crippen LogP contribution in [-0.2, 0) is 4.79 Å². The Hall–Kier alpha value is -1.08. The van der Waals surface area contributed by atoms with Gasteiger partial charge in [-0.2, -0.15) is 0 Å². The summed E-state index contributed by atoms with van der Waals surface area (Å²) < 4.78 is 0. The van der Waals surface area contributed by atoms with Gasteiger partial charge in [-0.1, -0.05) is 23.2 Å². The van der Waals surface area contributed by atoms with Gasteiger partial charge in [0.2, 0.25) is 5.91 Å². The third-order valence-corrected chi connectivity index (χ3v) is 5.39. The molecule has 2 aliphatic heterocycles. The molecule has 0 aromatic heterocycles. The second kappa shape index (κ2) is 8.54. The Kier molecular flexibility index (Phi) is 6.39. The zero-order valence-electron chi connectivity index (χ0n) is 14.0. The molecule has 0 saturated carbocycles. The minimum absolute atomic E-state index is 0.250. The number of anilines is 1. The third kappa shape index (κ3) is 5.20. The average molecular weight is 401 g/mol. The summed E-state index contributed by atoms with van der Waals surface area (Å²) in [6.45, 7) is 5.60. The van der Waals surface area contributed by atoms with Gasteiger partial charge in [-0.25, -0.2) is 0 Å². The largest absolute Gasteiger partial charge is 0.346 e. The molecule has 5 nitrogen and oxygen atoms in total. The van der Waals surface area contributed by atoms with Crippen molar-refractivity contribution in [2.75, 3.05) is 51.1 Å². The van der Waals surface area contributed by atoms with E-state index in [1.165, 1.54) is 0 Å². The molecular weight excluding hydrogens is 379 g/mol. The molecule has 0 bridgehead atoms. The Morgan fingerprint density at radius 3 is 2.16 bits per heavy atom. The number of rotatable bonds is 3. The molecular formula is C17H22Cl2N4OS. The maximum absolute atomic E-state index is 12.2. The predicted molar refractivity (Wildman–Crippen MR) is 107 cm³/mol. The van der Waals surface area contributed by atoms with Crippen LogP contribution in [0, 0.1) is 0 Å². The quantitative estimate of drug-likeness (QED) is 0.789. The van der Waals surface area contributed by atoms with Gasteiger partial charge in [-0.15, -0.1) is 0 Å². The minimum Gasteiger partial charge on any atom is -0.346 e. The number of hydrogen-bond acceptors (Lipinski definition) is 3. The van der Waals surface area contributed by atoms with Gasteiger partial charge in [0.1, 0.15) is 0 Å². The number of piperazine rings is 1. The van der Waals surface area contributed by atoms with E-state index in [0.717, 1.165) is 57.8 Å². The van der Waals surface area contributed by atoms with Crippen molar-refractivity contribution >= 4 is 52.1 Å². The van der Waals surface area contributed by atoms with Gasteiger partial charge in [-0.05, 0) is 43.3 Å². The summed E-state index contributed by atoms with van der Waals surface area (Å²) in [7, 11) is 0. The lowest BCUT2D eigenvalue weighted by Gasteiger charge is -2.36. The normalized spacial score (nSPS) is 18.5. The maximum Gasteiger partial charge on any atom is 0.236 e. The fourth-order valence-electron chi connectivity index (χ4n) is 3.20. The molecule has 2 saturated heterocycles. The van der Waals surface area contributed by atoms with Crippen LogP contribution in [0.5, 0.6) is 0 Å². The third-order valence-electron chi connectivity index (χ3n) is 4.59. The SMILES string of the molecule is O=C(CN1CCN(C(=S)Nc2cc(Cl)cc(Cl)c2)CC1)N1CCCC1. The van der Waals surface area contributed by atoms with E-state index in [4.69, 9.17) is 35.4 Å². The van der Waals surface area contributed by atoms with Crippen LogP contribution in [0.25, 0.3) is 0 Å². The summed E-state index contributed by atoms with van der Waals surface area (Å²) in [6.07, 6.45) is 2.26. The number of halogens is 2. The van der Waals surface area contributed by atoms with Gasteiger partial charge < -0.3 is 15.1 Å². The standard InChI is InChI=1S/C17H22Cl2N4OS/c18-13-9-14(19)11-15(10-13)20-17(25)23-7-5-21(6-8-23)12-16(24)22-3-1-2-4-22/h9-11H,1-8,12H2,(H,20,25). The molecule has 3 rings (SSSR count). The van der Waals surface area contributed by atoms with Crippen molar-refractivity contribution in [3.63, 3.8) is 0 Å². The Morgan fingerprint density at radius 1 is 0.960 bits per heavy atom. The van der Waals surface area contributed by atoms with Gasteiger partial charge in [0.25, 0.3) is 0 Å². The van der Waals surface area contributed by atoms with Crippen molar-refractivity contribution in [3.05, 3.63) is 28.2 Å². The predicted octanol–water partition coefficient (Wildman–Crippen LogP) is 2.93. The number of likely N-dealkylation sites (tertiary alicyclic amines) is 1. The number of thiocarbonyl (C=S) groups is 1. The zero-order chi connectivity index (χ0) is 17.8. The van der Waals surface area contributed by atoms with E-state index in [0.29, 0.717) is 21.7 Å². The molecule has 1 aromatic rings. The first-order chi connectivity index (χ1) is 12.0. The number of benzene rings is 1.